The summed E-state index contributed by atoms with van der Waals surface area (Å²) in [7, 11) is -1.53. The predicted molar refractivity (Wildman–Crippen MR) is 84.3 cm³/mol. The summed E-state index contributed by atoms with van der Waals surface area (Å²) in [6.07, 6.45) is 2.32. The first-order valence-corrected chi connectivity index (χ1v) is 8.85. The fraction of sp³-hybridized carbons (Fsp3) is 0.615. The van der Waals surface area contributed by atoms with Crippen molar-refractivity contribution in [3.63, 3.8) is 0 Å². The van der Waals surface area contributed by atoms with Gasteiger partial charge in [-0.1, -0.05) is 18.5 Å². The van der Waals surface area contributed by atoms with Gasteiger partial charge in [-0.15, -0.1) is 0 Å². The Morgan fingerprint density at radius 2 is 2.00 bits per heavy atom. The Morgan fingerprint density at radius 3 is 2.57 bits per heavy atom. The van der Waals surface area contributed by atoms with Crippen molar-refractivity contribution in [2.45, 2.75) is 18.2 Å². The molecule has 1 aliphatic heterocycles. The van der Waals surface area contributed by atoms with Gasteiger partial charge in [0.15, 0.2) is 0 Å². The van der Waals surface area contributed by atoms with Crippen LogP contribution in [0, 0.1) is 0 Å². The Kier molecular flexibility index (Phi) is 5.43. The van der Waals surface area contributed by atoms with Gasteiger partial charge >= 0.3 is 0 Å². The predicted octanol–water partition coefficient (Wildman–Crippen LogP) is 1.49. The van der Waals surface area contributed by atoms with Crippen molar-refractivity contribution in [3.05, 3.63) is 17.3 Å². The fourth-order valence-electron chi connectivity index (χ4n) is 2.11. The van der Waals surface area contributed by atoms with Crippen LogP contribution in [0.3, 0.4) is 0 Å². The van der Waals surface area contributed by atoms with Gasteiger partial charge in [-0.05, 0) is 19.5 Å². The molecule has 0 radical (unpaired) electrons. The van der Waals surface area contributed by atoms with E-state index in [0.717, 1.165) is 26.1 Å². The lowest BCUT2D eigenvalue weighted by molar-refractivity contribution is 0.222. The van der Waals surface area contributed by atoms with Crippen molar-refractivity contribution < 1.29 is 8.42 Å². The van der Waals surface area contributed by atoms with Gasteiger partial charge in [0.05, 0.1) is 5.02 Å². The van der Waals surface area contributed by atoms with Gasteiger partial charge in [-0.25, -0.2) is 13.4 Å². The first-order chi connectivity index (χ1) is 9.95. The quantitative estimate of drug-likeness (QED) is 0.885. The molecule has 0 aromatic carbocycles. The number of pyridine rings is 1. The summed E-state index contributed by atoms with van der Waals surface area (Å²) in [4.78, 5) is 6.39. The Labute approximate surface area is 131 Å². The van der Waals surface area contributed by atoms with Gasteiger partial charge in [-0.3, -0.25) is 0 Å². The van der Waals surface area contributed by atoms with Crippen molar-refractivity contribution in [1.29, 1.82) is 0 Å². The van der Waals surface area contributed by atoms with Gasteiger partial charge in [0.25, 0.3) is 0 Å². The fourth-order valence-corrected chi connectivity index (χ4v) is 3.81. The average molecular weight is 333 g/mol. The van der Waals surface area contributed by atoms with Crippen molar-refractivity contribution >= 4 is 27.4 Å². The monoisotopic (exact) mass is 332 g/mol. The van der Waals surface area contributed by atoms with Gasteiger partial charge in [-0.2, -0.15) is 4.31 Å². The third-order valence-electron chi connectivity index (χ3n) is 3.46. The van der Waals surface area contributed by atoms with E-state index in [1.807, 2.05) is 14.0 Å². The highest BCUT2D eigenvalue weighted by atomic mass is 35.5. The number of halogens is 1. The summed E-state index contributed by atoms with van der Waals surface area (Å²) >= 11 is 6.12. The van der Waals surface area contributed by atoms with Crippen LogP contribution in [0.5, 0.6) is 0 Å². The summed E-state index contributed by atoms with van der Waals surface area (Å²) < 4.78 is 26.6. The number of rotatable bonds is 5. The third kappa shape index (κ3) is 3.85. The molecule has 1 N–H and O–H groups in total. The average Bonchev–Trinajstić information content (AvgIpc) is 2.46. The van der Waals surface area contributed by atoms with Crippen LogP contribution in [-0.2, 0) is 10.0 Å². The number of anilines is 1. The zero-order valence-electron chi connectivity index (χ0n) is 12.3. The van der Waals surface area contributed by atoms with Gasteiger partial charge in [0.2, 0.25) is 10.0 Å². The highest BCUT2D eigenvalue weighted by Gasteiger charge is 2.28. The first kappa shape index (κ1) is 16.5. The van der Waals surface area contributed by atoms with Crippen LogP contribution in [0.25, 0.3) is 0 Å². The molecule has 6 nitrogen and oxygen atoms in total. The maximum Gasteiger partial charge on any atom is 0.244 e. The van der Waals surface area contributed by atoms with E-state index in [4.69, 9.17) is 11.6 Å². The summed E-state index contributed by atoms with van der Waals surface area (Å²) in [5.41, 5.74) is 0. The Balaban J connectivity index is 2.18. The van der Waals surface area contributed by atoms with Crippen LogP contribution in [0.2, 0.25) is 5.02 Å². The normalized spacial score (nSPS) is 17.9. The van der Waals surface area contributed by atoms with Crippen LogP contribution in [0.4, 0.5) is 5.82 Å². The highest BCUT2D eigenvalue weighted by molar-refractivity contribution is 7.89. The molecule has 0 atom stereocenters. The van der Waals surface area contributed by atoms with Crippen LogP contribution in [-0.4, -0.2) is 62.4 Å². The van der Waals surface area contributed by atoms with E-state index in [-0.39, 0.29) is 4.90 Å². The summed E-state index contributed by atoms with van der Waals surface area (Å²) in [5.74, 6) is 0.524. The number of hydrogen-bond acceptors (Lipinski definition) is 5. The maximum atomic E-state index is 12.6. The SMILES string of the molecule is CCCNc1ncc(S(=O)(=O)N2CCN(C)CC2)cc1Cl. The molecule has 1 aromatic heterocycles. The Morgan fingerprint density at radius 1 is 1.33 bits per heavy atom. The number of sulfonamides is 1. The van der Waals surface area contributed by atoms with Crippen LogP contribution in [0.15, 0.2) is 17.2 Å². The number of aromatic nitrogens is 1. The van der Waals surface area contributed by atoms with Crippen LogP contribution in [0.1, 0.15) is 13.3 Å². The van der Waals surface area contributed by atoms with Crippen molar-refractivity contribution in [2.75, 3.05) is 45.1 Å². The molecule has 21 heavy (non-hydrogen) atoms. The minimum atomic E-state index is -3.51. The Bertz CT molecular complexity index is 586. The molecule has 1 fully saturated rings. The van der Waals surface area contributed by atoms with Crippen molar-refractivity contribution in [3.8, 4) is 0 Å². The molecular formula is C13H21ClN4O2S. The largest absolute Gasteiger partial charge is 0.369 e. The first-order valence-electron chi connectivity index (χ1n) is 7.03. The molecular weight excluding hydrogens is 312 g/mol. The molecule has 1 saturated heterocycles. The van der Waals surface area contributed by atoms with E-state index in [1.54, 1.807) is 0 Å². The number of piperazine rings is 1. The standard InChI is InChI=1S/C13H21ClN4O2S/c1-3-4-15-13-12(14)9-11(10-16-13)21(19,20)18-7-5-17(2)6-8-18/h9-10H,3-8H2,1-2H3,(H,15,16). The highest BCUT2D eigenvalue weighted by Crippen LogP contribution is 2.25. The molecule has 1 aromatic rings. The lowest BCUT2D eigenvalue weighted by Crippen LogP contribution is -2.47. The molecule has 0 unspecified atom stereocenters. The number of nitrogens with zero attached hydrogens (tertiary/aromatic N) is 3. The summed E-state index contributed by atoms with van der Waals surface area (Å²) in [6, 6.07) is 1.47. The molecule has 0 amide bonds. The molecule has 0 aliphatic carbocycles. The van der Waals surface area contributed by atoms with E-state index in [1.165, 1.54) is 16.6 Å². The van der Waals surface area contributed by atoms with Crippen molar-refractivity contribution in [2.24, 2.45) is 0 Å². The maximum absolute atomic E-state index is 12.6. The zero-order valence-corrected chi connectivity index (χ0v) is 13.9. The van der Waals surface area contributed by atoms with Gasteiger partial charge < -0.3 is 10.2 Å². The molecule has 2 heterocycles. The molecule has 118 valence electrons. The molecule has 0 saturated carbocycles. The summed E-state index contributed by atoms with van der Waals surface area (Å²) in [5, 5.41) is 3.40. The van der Waals surface area contributed by atoms with E-state index in [0.29, 0.717) is 23.9 Å². The molecule has 1 aliphatic rings. The second kappa shape index (κ2) is 6.91. The van der Waals surface area contributed by atoms with Crippen LogP contribution < -0.4 is 5.32 Å². The minimum absolute atomic E-state index is 0.152. The third-order valence-corrected chi connectivity index (χ3v) is 5.61. The number of nitrogens with one attached hydrogen (secondary N) is 1. The van der Waals surface area contributed by atoms with Gasteiger partial charge in [0.1, 0.15) is 10.7 Å². The van der Waals surface area contributed by atoms with Crippen molar-refractivity contribution in [1.82, 2.24) is 14.2 Å². The number of hydrogen-bond donors (Lipinski definition) is 1. The lowest BCUT2D eigenvalue weighted by atomic mass is 10.4. The Hall–Kier alpha value is -0.890. The molecule has 0 bridgehead atoms. The zero-order chi connectivity index (χ0) is 15.5. The van der Waals surface area contributed by atoms with Crippen LogP contribution >= 0.6 is 11.6 Å². The lowest BCUT2D eigenvalue weighted by Gasteiger charge is -2.31. The second-order valence-electron chi connectivity index (χ2n) is 5.14. The number of likely N-dealkylation sites (N-methyl/N-ethyl adjacent to an activating group) is 1. The van der Waals surface area contributed by atoms with E-state index in [9.17, 15) is 8.42 Å². The second-order valence-corrected chi connectivity index (χ2v) is 7.48. The smallest absolute Gasteiger partial charge is 0.244 e. The topological polar surface area (TPSA) is 65.5 Å². The molecule has 0 spiro atoms. The van der Waals surface area contributed by atoms with E-state index in [2.05, 4.69) is 15.2 Å². The molecule has 8 heteroatoms. The van der Waals surface area contributed by atoms with Gasteiger partial charge in [0, 0.05) is 38.9 Å². The summed E-state index contributed by atoms with van der Waals surface area (Å²) in [6.45, 7) is 5.23. The molecule has 2 rings (SSSR count). The van der Waals surface area contributed by atoms with E-state index >= 15 is 0 Å². The minimum Gasteiger partial charge on any atom is -0.369 e. The van der Waals surface area contributed by atoms with E-state index < -0.39 is 10.0 Å².